The minimum Gasteiger partial charge on any atom is -0.493 e. The third kappa shape index (κ3) is 4.14. The van der Waals surface area contributed by atoms with E-state index in [4.69, 9.17) is 9.47 Å². The van der Waals surface area contributed by atoms with Crippen molar-refractivity contribution in [2.45, 2.75) is 25.9 Å². The average molecular weight is 344 g/mol. The normalized spacial score (nSPS) is 18.3. The molecule has 0 spiro atoms. The molecular formula is C19H28N4O2. The molecule has 1 aliphatic rings. The molecule has 6 heteroatoms. The van der Waals surface area contributed by atoms with Crippen LogP contribution in [0.15, 0.2) is 30.6 Å². The van der Waals surface area contributed by atoms with E-state index < -0.39 is 0 Å². The lowest BCUT2D eigenvalue weighted by atomic mass is 10.1. The van der Waals surface area contributed by atoms with Gasteiger partial charge in [0.05, 0.1) is 19.8 Å². The number of hydrogen-bond donors (Lipinski definition) is 1. The number of hydrogen-bond acceptors (Lipinski definition) is 5. The Labute approximate surface area is 149 Å². The molecular weight excluding hydrogens is 316 g/mol. The van der Waals surface area contributed by atoms with Crippen molar-refractivity contribution in [3.05, 3.63) is 42.0 Å². The van der Waals surface area contributed by atoms with Crippen LogP contribution < -0.4 is 14.8 Å². The summed E-state index contributed by atoms with van der Waals surface area (Å²) in [4.78, 5) is 7.02. The number of imidazole rings is 1. The van der Waals surface area contributed by atoms with E-state index in [-0.39, 0.29) is 6.04 Å². The summed E-state index contributed by atoms with van der Waals surface area (Å²) in [6, 6.07) is 6.51. The summed E-state index contributed by atoms with van der Waals surface area (Å²) in [6.07, 6.45) is 4.85. The van der Waals surface area contributed by atoms with Gasteiger partial charge in [0.2, 0.25) is 0 Å². The topological polar surface area (TPSA) is 51.5 Å². The Hall–Kier alpha value is -2.05. The highest BCUT2D eigenvalue weighted by molar-refractivity contribution is 5.43. The summed E-state index contributed by atoms with van der Waals surface area (Å²) in [6.45, 7) is 6.57. The smallest absolute Gasteiger partial charge is 0.161 e. The van der Waals surface area contributed by atoms with Crippen molar-refractivity contribution in [3.8, 4) is 11.5 Å². The van der Waals surface area contributed by atoms with E-state index in [9.17, 15) is 0 Å². The molecule has 2 heterocycles. The summed E-state index contributed by atoms with van der Waals surface area (Å²) in [5.74, 6) is 2.71. The molecule has 0 bridgehead atoms. The predicted octanol–water partition coefficient (Wildman–Crippen LogP) is 2.36. The molecule has 1 saturated heterocycles. The molecule has 1 N–H and O–H groups in total. The van der Waals surface area contributed by atoms with Crippen molar-refractivity contribution in [3.63, 3.8) is 0 Å². The van der Waals surface area contributed by atoms with Crippen LogP contribution in [0.4, 0.5) is 0 Å². The largest absolute Gasteiger partial charge is 0.493 e. The number of piperazine rings is 1. The number of aromatic nitrogens is 2. The highest BCUT2D eigenvalue weighted by Crippen LogP contribution is 2.30. The number of benzene rings is 1. The van der Waals surface area contributed by atoms with Gasteiger partial charge in [0.25, 0.3) is 0 Å². The second-order valence-electron chi connectivity index (χ2n) is 6.42. The van der Waals surface area contributed by atoms with Crippen molar-refractivity contribution in [1.29, 1.82) is 0 Å². The van der Waals surface area contributed by atoms with Crippen LogP contribution >= 0.6 is 0 Å². The van der Waals surface area contributed by atoms with Gasteiger partial charge in [-0.3, -0.25) is 4.90 Å². The first-order valence-corrected chi connectivity index (χ1v) is 8.94. The molecule has 2 aromatic rings. The number of aryl methyl sites for hydroxylation is 1. The Morgan fingerprint density at radius 2 is 2.20 bits per heavy atom. The van der Waals surface area contributed by atoms with Gasteiger partial charge < -0.3 is 19.4 Å². The van der Waals surface area contributed by atoms with Crippen molar-refractivity contribution < 1.29 is 9.47 Å². The lowest BCUT2D eigenvalue weighted by Crippen LogP contribution is -2.46. The SMILES string of the molecule is CCCOc1ccc(CN2CCNCC2c2nccn2C)cc1OC. The first-order valence-electron chi connectivity index (χ1n) is 8.94. The molecule has 3 rings (SSSR count). The molecule has 25 heavy (non-hydrogen) atoms. The number of rotatable bonds is 7. The summed E-state index contributed by atoms with van der Waals surface area (Å²) in [5.41, 5.74) is 1.22. The zero-order valence-electron chi connectivity index (χ0n) is 15.4. The van der Waals surface area contributed by atoms with Crippen LogP contribution in [0.5, 0.6) is 11.5 Å². The summed E-state index contributed by atoms with van der Waals surface area (Å²) in [5, 5.41) is 3.48. The van der Waals surface area contributed by atoms with Crippen LogP contribution in [0.3, 0.4) is 0 Å². The number of methoxy groups -OCH3 is 1. The third-order valence-corrected chi connectivity index (χ3v) is 4.59. The molecule has 0 amide bonds. The van der Waals surface area contributed by atoms with Crippen molar-refractivity contribution in [2.24, 2.45) is 7.05 Å². The highest BCUT2D eigenvalue weighted by Gasteiger charge is 2.26. The molecule has 1 aromatic carbocycles. The van der Waals surface area contributed by atoms with Gasteiger partial charge in [0, 0.05) is 45.6 Å². The van der Waals surface area contributed by atoms with Crippen LogP contribution in [0.1, 0.15) is 30.8 Å². The second kappa shape index (κ2) is 8.36. The van der Waals surface area contributed by atoms with Crippen LogP contribution in [0, 0.1) is 0 Å². The molecule has 6 nitrogen and oxygen atoms in total. The lowest BCUT2D eigenvalue weighted by molar-refractivity contribution is 0.144. The maximum Gasteiger partial charge on any atom is 0.161 e. The van der Waals surface area contributed by atoms with E-state index in [0.29, 0.717) is 6.61 Å². The Kier molecular flexibility index (Phi) is 5.94. The standard InChI is InChI=1S/C19H28N4O2/c1-4-11-25-17-6-5-15(12-18(17)24-3)14-23-10-7-20-13-16(23)19-21-8-9-22(19)2/h5-6,8-9,12,16,20H,4,7,10-11,13-14H2,1-3H3. The number of ether oxygens (including phenoxy) is 2. The number of nitrogens with zero attached hydrogens (tertiary/aromatic N) is 3. The van der Waals surface area contributed by atoms with Gasteiger partial charge in [-0.15, -0.1) is 0 Å². The van der Waals surface area contributed by atoms with Crippen LogP contribution in [-0.2, 0) is 13.6 Å². The van der Waals surface area contributed by atoms with Gasteiger partial charge in [0.1, 0.15) is 5.82 Å². The summed E-state index contributed by atoms with van der Waals surface area (Å²) in [7, 11) is 3.75. The maximum absolute atomic E-state index is 5.76. The molecule has 1 unspecified atom stereocenters. The molecule has 0 aliphatic carbocycles. The van der Waals surface area contributed by atoms with Crippen molar-refractivity contribution in [1.82, 2.24) is 19.8 Å². The second-order valence-corrected chi connectivity index (χ2v) is 6.42. The average Bonchev–Trinajstić information content (AvgIpc) is 3.06. The molecule has 1 aliphatic heterocycles. The molecule has 0 radical (unpaired) electrons. The fraction of sp³-hybridized carbons (Fsp3) is 0.526. The minimum atomic E-state index is 0.274. The fourth-order valence-electron chi connectivity index (χ4n) is 3.26. The number of nitrogens with one attached hydrogen (secondary N) is 1. The van der Waals surface area contributed by atoms with Gasteiger partial charge in [-0.1, -0.05) is 13.0 Å². The minimum absolute atomic E-state index is 0.274. The molecule has 0 saturated carbocycles. The first kappa shape index (κ1) is 17.8. The van der Waals surface area contributed by atoms with E-state index in [1.165, 1.54) is 5.56 Å². The van der Waals surface area contributed by atoms with Crippen molar-refractivity contribution >= 4 is 0 Å². The summed E-state index contributed by atoms with van der Waals surface area (Å²) >= 11 is 0. The van der Waals surface area contributed by atoms with Crippen LogP contribution in [0.2, 0.25) is 0 Å². The highest BCUT2D eigenvalue weighted by atomic mass is 16.5. The third-order valence-electron chi connectivity index (χ3n) is 4.59. The fourth-order valence-corrected chi connectivity index (χ4v) is 3.26. The molecule has 136 valence electrons. The van der Waals surface area contributed by atoms with E-state index in [1.54, 1.807) is 7.11 Å². The Balaban J connectivity index is 1.76. The lowest BCUT2D eigenvalue weighted by Gasteiger charge is -2.35. The quantitative estimate of drug-likeness (QED) is 0.836. The van der Waals surface area contributed by atoms with Gasteiger partial charge in [0.15, 0.2) is 11.5 Å². The van der Waals surface area contributed by atoms with E-state index in [0.717, 1.165) is 49.9 Å². The molecule has 1 aromatic heterocycles. The monoisotopic (exact) mass is 344 g/mol. The van der Waals surface area contributed by atoms with Gasteiger partial charge in [-0.05, 0) is 24.1 Å². The van der Waals surface area contributed by atoms with Crippen LogP contribution in [0.25, 0.3) is 0 Å². The zero-order valence-corrected chi connectivity index (χ0v) is 15.4. The van der Waals surface area contributed by atoms with Gasteiger partial charge >= 0.3 is 0 Å². The zero-order chi connectivity index (χ0) is 17.6. The van der Waals surface area contributed by atoms with Gasteiger partial charge in [-0.25, -0.2) is 4.98 Å². The van der Waals surface area contributed by atoms with E-state index in [1.807, 2.05) is 18.5 Å². The first-order chi connectivity index (χ1) is 12.2. The van der Waals surface area contributed by atoms with Gasteiger partial charge in [-0.2, -0.15) is 0 Å². The maximum atomic E-state index is 5.76. The Bertz CT molecular complexity index is 686. The molecule has 1 fully saturated rings. The van der Waals surface area contributed by atoms with E-state index in [2.05, 4.69) is 45.9 Å². The van der Waals surface area contributed by atoms with Crippen molar-refractivity contribution in [2.75, 3.05) is 33.4 Å². The Morgan fingerprint density at radius 3 is 2.92 bits per heavy atom. The Morgan fingerprint density at radius 1 is 1.32 bits per heavy atom. The molecule has 1 atom stereocenters. The van der Waals surface area contributed by atoms with E-state index >= 15 is 0 Å². The van der Waals surface area contributed by atoms with Crippen LogP contribution in [-0.4, -0.2) is 47.8 Å². The predicted molar refractivity (Wildman–Crippen MR) is 98.0 cm³/mol. The summed E-state index contributed by atoms with van der Waals surface area (Å²) < 4.78 is 13.4.